The molecule has 2 nitrogen and oxygen atoms in total. The third-order valence-electron chi connectivity index (χ3n) is 8.82. The highest BCUT2D eigenvalue weighted by atomic mass is 16.1. The summed E-state index contributed by atoms with van der Waals surface area (Å²) in [6.07, 6.45) is 24.9. The first-order chi connectivity index (χ1) is 14.4. The Morgan fingerprint density at radius 2 is 1.10 bits per heavy atom. The van der Waals surface area contributed by atoms with E-state index >= 15 is 0 Å². The van der Waals surface area contributed by atoms with Gasteiger partial charge in [-0.1, -0.05) is 71.1 Å². The first-order valence-corrected chi connectivity index (χ1v) is 13.8. The predicted octanol–water partition coefficient (Wildman–Crippen LogP) is 7.55. The molecule has 0 spiro atoms. The Balaban J connectivity index is 1.24. The third-order valence-corrected chi connectivity index (χ3v) is 8.82. The summed E-state index contributed by atoms with van der Waals surface area (Å²) in [4.78, 5) is 13.4. The van der Waals surface area contributed by atoms with E-state index in [4.69, 9.17) is 0 Å². The highest BCUT2D eigenvalue weighted by molar-refractivity contribution is 5.86. The molecule has 0 radical (unpaired) electrons. The van der Waals surface area contributed by atoms with Gasteiger partial charge in [0.15, 0.2) is 5.78 Å². The molecule has 4 bridgehead atoms. The summed E-state index contributed by atoms with van der Waals surface area (Å²) in [5.41, 5.74) is 0.0980. The van der Waals surface area contributed by atoms with Crippen molar-refractivity contribution in [1.82, 2.24) is 0 Å². The fourth-order valence-electron chi connectivity index (χ4n) is 7.47. The SMILES string of the molecule is CCCCCCCCCCCCCC[N+](C)(C)CC(=O)C12CC3CC(CC(C3)C1)C2. The van der Waals surface area contributed by atoms with Gasteiger partial charge in [0.25, 0.3) is 0 Å². The quantitative estimate of drug-likeness (QED) is 0.187. The average molecular weight is 419 g/mol. The number of Topliss-reactive ketones (excluding diaryl/α,β-unsaturated/α-hetero) is 1. The van der Waals surface area contributed by atoms with Crippen molar-refractivity contribution in [3.63, 3.8) is 0 Å². The lowest BCUT2D eigenvalue weighted by atomic mass is 9.48. The van der Waals surface area contributed by atoms with E-state index in [1.807, 2.05) is 0 Å². The number of ketones is 1. The summed E-state index contributed by atoms with van der Waals surface area (Å²) in [6.45, 7) is 4.25. The summed E-state index contributed by atoms with van der Waals surface area (Å²) in [6, 6.07) is 0. The molecule has 0 aromatic rings. The van der Waals surface area contributed by atoms with Gasteiger partial charge in [0, 0.05) is 5.41 Å². The molecule has 0 unspecified atom stereocenters. The van der Waals surface area contributed by atoms with Gasteiger partial charge in [-0.15, -0.1) is 0 Å². The molecular formula is C28H52NO+. The molecule has 0 aliphatic heterocycles. The highest BCUT2D eigenvalue weighted by Gasteiger charge is 2.55. The number of likely N-dealkylation sites (N-methyl/N-ethyl adjacent to an activating group) is 1. The van der Waals surface area contributed by atoms with Crippen LogP contribution in [0.3, 0.4) is 0 Å². The van der Waals surface area contributed by atoms with Crippen molar-refractivity contribution >= 4 is 5.78 Å². The Morgan fingerprint density at radius 3 is 1.53 bits per heavy atom. The fourth-order valence-corrected chi connectivity index (χ4v) is 7.47. The van der Waals surface area contributed by atoms with Gasteiger partial charge in [-0.25, -0.2) is 0 Å². The maximum absolute atomic E-state index is 13.4. The van der Waals surface area contributed by atoms with E-state index in [0.29, 0.717) is 5.78 Å². The molecule has 0 aromatic carbocycles. The summed E-state index contributed by atoms with van der Waals surface area (Å²) in [5, 5.41) is 0. The number of unbranched alkanes of at least 4 members (excludes halogenated alkanes) is 11. The van der Waals surface area contributed by atoms with Crippen molar-refractivity contribution in [2.75, 3.05) is 27.2 Å². The Morgan fingerprint density at radius 1 is 0.700 bits per heavy atom. The van der Waals surface area contributed by atoms with Crippen LogP contribution in [0.25, 0.3) is 0 Å². The van der Waals surface area contributed by atoms with Gasteiger partial charge < -0.3 is 4.48 Å². The molecule has 174 valence electrons. The van der Waals surface area contributed by atoms with E-state index in [1.54, 1.807) is 0 Å². The smallest absolute Gasteiger partial charge is 0.192 e. The molecule has 2 heteroatoms. The van der Waals surface area contributed by atoms with Crippen LogP contribution in [0.5, 0.6) is 0 Å². The lowest BCUT2D eigenvalue weighted by molar-refractivity contribution is -0.882. The molecule has 0 heterocycles. The second-order valence-electron chi connectivity index (χ2n) is 12.3. The summed E-state index contributed by atoms with van der Waals surface area (Å²) in [5.74, 6) is 3.27. The molecule has 0 atom stereocenters. The van der Waals surface area contributed by atoms with Crippen LogP contribution in [-0.4, -0.2) is 37.5 Å². The van der Waals surface area contributed by atoms with E-state index in [-0.39, 0.29) is 5.41 Å². The number of carbonyl (C=O) groups is 1. The number of quaternary nitrogens is 1. The first kappa shape index (κ1) is 24.3. The van der Waals surface area contributed by atoms with Crippen molar-refractivity contribution in [1.29, 1.82) is 0 Å². The molecule has 4 aliphatic rings. The third kappa shape index (κ3) is 7.07. The molecule has 4 rings (SSSR count). The van der Waals surface area contributed by atoms with Crippen molar-refractivity contribution in [2.45, 2.75) is 122 Å². The number of hydrogen-bond acceptors (Lipinski definition) is 1. The van der Waals surface area contributed by atoms with Gasteiger partial charge >= 0.3 is 0 Å². The minimum absolute atomic E-state index is 0.0980. The van der Waals surface area contributed by atoms with Crippen molar-refractivity contribution < 1.29 is 9.28 Å². The van der Waals surface area contributed by atoms with Crippen molar-refractivity contribution in [2.24, 2.45) is 23.2 Å². The monoisotopic (exact) mass is 418 g/mol. The topological polar surface area (TPSA) is 17.1 Å². The van der Waals surface area contributed by atoms with Crippen LogP contribution in [0.4, 0.5) is 0 Å². The van der Waals surface area contributed by atoms with E-state index in [2.05, 4.69) is 21.0 Å². The maximum Gasteiger partial charge on any atom is 0.192 e. The Kier molecular flexibility index (Phi) is 9.29. The zero-order valence-electron chi connectivity index (χ0n) is 20.7. The van der Waals surface area contributed by atoms with Gasteiger partial charge in [-0.2, -0.15) is 0 Å². The Bertz CT molecular complexity index is 487. The second kappa shape index (κ2) is 11.5. The Labute approximate surface area is 188 Å². The minimum Gasteiger partial charge on any atom is -0.322 e. The second-order valence-corrected chi connectivity index (χ2v) is 12.3. The van der Waals surface area contributed by atoms with Gasteiger partial charge in [0.05, 0.1) is 20.6 Å². The zero-order chi connectivity index (χ0) is 21.5. The molecule has 0 amide bonds. The fraction of sp³-hybridized carbons (Fsp3) is 0.964. The van der Waals surface area contributed by atoms with E-state index in [1.165, 1.54) is 122 Å². The molecule has 0 N–H and O–H groups in total. The van der Waals surface area contributed by atoms with Gasteiger partial charge in [0.2, 0.25) is 0 Å². The zero-order valence-corrected chi connectivity index (χ0v) is 20.7. The van der Waals surface area contributed by atoms with E-state index < -0.39 is 0 Å². The lowest BCUT2D eigenvalue weighted by Gasteiger charge is -2.56. The molecule has 0 saturated heterocycles. The van der Waals surface area contributed by atoms with Crippen molar-refractivity contribution in [3.8, 4) is 0 Å². The van der Waals surface area contributed by atoms with Crippen LogP contribution in [-0.2, 0) is 4.79 Å². The number of nitrogens with zero attached hydrogens (tertiary/aromatic N) is 1. The standard InChI is InChI=1S/C28H52NO/c1-4-5-6-7-8-9-10-11-12-13-14-15-16-29(2,3)23-27(30)28-20-24-17-25(21-28)19-26(18-24)22-28/h24-26H,4-23H2,1-3H3/q+1. The molecule has 30 heavy (non-hydrogen) atoms. The Hall–Kier alpha value is -0.370. The minimum atomic E-state index is 0.0980. The highest BCUT2D eigenvalue weighted by Crippen LogP contribution is 2.60. The summed E-state index contributed by atoms with van der Waals surface area (Å²) >= 11 is 0. The normalized spacial score (nSPS) is 30.2. The van der Waals surface area contributed by atoms with Crippen LogP contribution in [0.15, 0.2) is 0 Å². The maximum atomic E-state index is 13.4. The summed E-state index contributed by atoms with van der Waals surface area (Å²) in [7, 11) is 4.61. The number of carbonyl (C=O) groups excluding carboxylic acids is 1. The number of hydrogen-bond donors (Lipinski definition) is 0. The lowest BCUT2D eigenvalue weighted by Crippen LogP contribution is -2.55. The van der Waals surface area contributed by atoms with Gasteiger partial charge in [0.1, 0.15) is 6.54 Å². The van der Waals surface area contributed by atoms with E-state index in [9.17, 15) is 4.79 Å². The van der Waals surface area contributed by atoms with Crippen molar-refractivity contribution in [3.05, 3.63) is 0 Å². The molecular weight excluding hydrogens is 366 g/mol. The molecule has 4 aliphatic carbocycles. The van der Waals surface area contributed by atoms with Crippen LogP contribution in [0.1, 0.15) is 122 Å². The van der Waals surface area contributed by atoms with Crippen LogP contribution in [0.2, 0.25) is 0 Å². The van der Waals surface area contributed by atoms with Gasteiger partial charge in [-0.05, 0) is 69.1 Å². The van der Waals surface area contributed by atoms with E-state index in [0.717, 1.165) is 28.8 Å². The molecule has 4 fully saturated rings. The molecule has 4 saturated carbocycles. The van der Waals surface area contributed by atoms with Gasteiger partial charge in [-0.3, -0.25) is 4.79 Å². The summed E-state index contributed by atoms with van der Waals surface area (Å²) < 4.78 is 0.915. The average Bonchev–Trinajstić information content (AvgIpc) is 2.67. The number of rotatable bonds is 16. The first-order valence-electron chi connectivity index (χ1n) is 13.8. The van der Waals surface area contributed by atoms with Crippen LogP contribution >= 0.6 is 0 Å². The molecule has 0 aromatic heterocycles. The largest absolute Gasteiger partial charge is 0.322 e. The van der Waals surface area contributed by atoms with Crippen LogP contribution < -0.4 is 0 Å². The predicted molar refractivity (Wildman–Crippen MR) is 129 cm³/mol. The van der Waals surface area contributed by atoms with Crippen LogP contribution in [0, 0.1) is 23.2 Å².